The van der Waals surface area contributed by atoms with Gasteiger partial charge >= 0.3 is 5.97 Å². The summed E-state index contributed by atoms with van der Waals surface area (Å²) in [4.78, 5) is 33.3. The Hall–Kier alpha value is -1.24. The Morgan fingerprint density at radius 3 is 2.24 bits per heavy atom. The highest BCUT2D eigenvalue weighted by Gasteiger charge is 2.21. The highest BCUT2D eigenvalue weighted by molar-refractivity contribution is 8.12. The van der Waals surface area contributed by atoms with E-state index in [4.69, 9.17) is 5.11 Å². The van der Waals surface area contributed by atoms with Gasteiger partial charge in [-0.25, -0.2) is 0 Å². The Morgan fingerprint density at radius 2 is 1.82 bits per heavy atom. The number of nitrogens with one attached hydrogen (secondary N) is 2. The van der Waals surface area contributed by atoms with Gasteiger partial charge in [0.1, 0.15) is 6.04 Å². The van der Waals surface area contributed by atoms with Gasteiger partial charge in [0, 0.05) is 12.5 Å². The third kappa shape index (κ3) is 7.62. The fourth-order valence-electron chi connectivity index (χ4n) is 1.12. The maximum Gasteiger partial charge on any atom is 0.303 e. The molecule has 0 fully saturated rings. The highest BCUT2D eigenvalue weighted by atomic mass is 32.2. The topological polar surface area (TPSA) is 95.5 Å². The normalized spacial score (nSPS) is 12.0. The minimum Gasteiger partial charge on any atom is -0.481 e. The zero-order valence-electron chi connectivity index (χ0n) is 10.1. The van der Waals surface area contributed by atoms with Gasteiger partial charge in [-0.2, -0.15) is 0 Å². The van der Waals surface area contributed by atoms with Crippen molar-refractivity contribution < 1.29 is 19.5 Å². The first kappa shape index (κ1) is 15.8. The molecule has 1 atom stereocenters. The third-order valence-corrected chi connectivity index (χ3v) is 2.36. The zero-order chi connectivity index (χ0) is 13.4. The first-order valence-electron chi connectivity index (χ1n) is 5.23. The van der Waals surface area contributed by atoms with Crippen LogP contribution in [-0.2, 0) is 9.59 Å². The van der Waals surface area contributed by atoms with Crippen LogP contribution in [0.3, 0.4) is 0 Å². The summed E-state index contributed by atoms with van der Waals surface area (Å²) < 4.78 is 0. The van der Waals surface area contributed by atoms with Crippen LogP contribution in [0.5, 0.6) is 0 Å². The molecule has 0 saturated heterocycles. The number of hydrogen-bond acceptors (Lipinski definition) is 4. The fraction of sp³-hybridized carbons (Fsp3) is 0.700. The number of thioether (sulfide) groups is 1. The van der Waals surface area contributed by atoms with E-state index in [-0.39, 0.29) is 30.0 Å². The van der Waals surface area contributed by atoms with E-state index in [0.717, 1.165) is 11.8 Å². The minimum atomic E-state index is -0.995. The lowest BCUT2D eigenvalue weighted by Gasteiger charge is -2.18. The first-order valence-corrected chi connectivity index (χ1v) is 6.46. The molecule has 17 heavy (non-hydrogen) atoms. The number of carboxylic acid groups (broad SMARTS) is 1. The molecule has 0 spiro atoms. The highest BCUT2D eigenvalue weighted by Crippen LogP contribution is 2.02. The molecule has 0 aliphatic carbocycles. The van der Waals surface area contributed by atoms with E-state index in [1.165, 1.54) is 0 Å². The molecule has 0 aliphatic rings. The lowest BCUT2D eigenvalue weighted by molar-refractivity contribution is -0.137. The van der Waals surface area contributed by atoms with Crippen LogP contribution in [0.25, 0.3) is 0 Å². The van der Waals surface area contributed by atoms with Crippen molar-refractivity contribution in [3.8, 4) is 0 Å². The van der Waals surface area contributed by atoms with E-state index in [1.807, 2.05) is 0 Å². The molecule has 0 heterocycles. The molecule has 3 N–H and O–H groups in total. The molecule has 6 nitrogen and oxygen atoms in total. The van der Waals surface area contributed by atoms with Gasteiger partial charge in [-0.15, -0.1) is 0 Å². The minimum absolute atomic E-state index is 0.0546. The molecule has 0 rings (SSSR count). The molecule has 0 aromatic carbocycles. The van der Waals surface area contributed by atoms with E-state index < -0.39 is 12.0 Å². The second kappa shape index (κ2) is 7.94. The van der Waals surface area contributed by atoms with Crippen LogP contribution >= 0.6 is 11.8 Å². The summed E-state index contributed by atoms with van der Waals surface area (Å²) in [5.74, 6) is -1.35. The van der Waals surface area contributed by atoms with Crippen LogP contribution in [-0.4, -0.2) is 40.6 Å². The van der Waals surface area contributed by atoms with Crippen molar-refractivity contribution in [2.75, 3.05) is 6.26 Å². The van der Waals surface area contributed by atoms with E-state index >= 15 is 0 Å². The van der Waals surface area contributed by atoms with Crippen LogP contribution in [0.1, 0.15) is 26.7 Å². The van der Waals surface area contributed by atoms with Crippen molar-refractivity contribution >= 4 is 28.9 Å². The van der Waals surface area contributed by atoms with Gasteiger partial charge in [-0.05, 0) is 26.5 Å². The molecule has 0 radical (unpaired) electrons. The van der Waals surface area contributed by atoms with Crippen LogP contribution in [0.15, 0.2) is 0 Å². The largest absolute Gasteiger partial charge is 0.481 e. The summed E-state index contributed by atoms with van der Waals surface area (Å²) in [6.07, 6.45) is 1.51. The Morgan fingerprint density at radius 1 is 1.24 bits per heavy atom. The molecule has 0 aromatic heterocycles. The summed E-state index contributed by atoms with van der Waals surface area (Å²) >= 11 is 0.946. The van der Waals surface area contributed by atoms with E-state index in [0.29, 0.717) is 0 Å². The van der Waals surface area contributed by atoms with Gasteiger partial charge in [-0.3, -0.25) is 14.4 Å². The summed E-state index contributed by atoms with van der Waals surface area (Å²) in [7, 11) is 0. The molecule has 0 saturated carbocycles. The molecule has 98 valence electrons. The van der Waals surface area contributed by atoms with Crippen molar-refractivity contribution in [3.63, 3.8) is 0 Å². The Balaban J connectivity index is 4.42. The predicted molar refractivity (Wildman–Crippen MR) is 66.0 cm³/mol. The summed E-state index contributed by atoms with van der Waals surface area (Å²) in [6.45, 7) is 3.59. The monoisotopic (exact) mass is 262 g/mol. The first-order chi connectivity index (χ1) is 7.86. The van der Waals surface area contributed by atoms with Crippen LogP contribution in [0.2, 0.25) is 0 Å². The van der Waals surface area contributed by atoms with Gasteiger partial charge < -0.3 is 15.7 Å². The number of carboxylic acids is 1. The maximum atomic E-state index is 11.7. The molecule has 0 aromatic rings. The lowest BCUT2D eigenvalue weighted by Crippen LogP contribution is -2.47. The second-order valence-electron chi connectivity index (χ2n) is 3.78. The maximum absolute atomic E-state index is 11.7. The van der Waals surface area contributed by atoms with Crippen molar-refractivity contribution in [3.05, 3.63) is 0 Å². The zero-order valence-corrected chi connectivity index (χ0v) is 11.0. The van der Waals surface area contributed by atoms with Gasteiger partial charge in [0.25, 0.3) is 5.24 Å². The second-order valence-corrected chi connectivity index (χ2v) is 4.56. The number of aliphatic carboxylic acids is 1. The number of rotatable bonds is 6. The summed E-state index contributed by atoms with van der Waals surface area (Å²) in [5, 5.41) is 13.3. The fourth-order valence-corrected chi connectivity index (χ4v) is 1.38. The number of amides is 2. The third-order valence-electron chi connectivity index (χ3n) is 1.87. The molecular formula is C10H18N2O4S. The molecule has 0 aliphatic heterocycles. The summed E-state index contributed by atoms with van der Waals surface area (Å²) in [5.41, 5.74) is 0. The average Bonchev–Trinajstić information content (AvgIpc) is 2.22. The molecular weight excluding hydrogens is 244 g/mol. The Labute approximate surface area is 105 Å². The number of hydrogen-bond donors (Lipinski definition) is 3. The van der Waals surface area contributed by atoms with Crippen molar-refractivity contribution in [1.29, 1.82) is 0 Å². The van der Waals surface area contributed by atoms with Gasteiger partial charge in [0.2, 0.25) is 5.91 Å². The summed E-state index contributed by atoms with van der Waals surface area (Å²) in [6, 6.07) is -0.852. The van der Waals surface area contributed by atoms with Crippen molar-refractivity contribution in [1.82, 2.24) is 10.6 Å². The average molecular weight is 262 g/mol. The molecule has 1 unspecified atom stereocenters. The van der Waals surface area contributed by atoms with Crippen molar-refractivity contribution in [2.45, 2.75) is 38.8 Å². The SMILES string of the molecule is CSC(=O)NC(CCC(=O)O)C(=O)NC(C)C. The van der Waals surface area contributed by atoms with Gasteiger partial charge in [-0.1, -0.05) is 11.8 Å². The number of carbonyl (C=O) groups excluding carboxylic acids is 2. The van der Waals surface area contributed by atoms with Crippen molar-refractivity contribution in [2.24, 2.45) is 0 Å². The van der Waals surface area contributed by atoms with Gasteiger partial charge in [0.15, 0.2) is 0 Å². The number of carbonyl (C=O) groups is 3. The predicted octanol–water partition coefficient (Wildman–Crippen LogP) is 0.817. The molecule has 0 bridgehead atoms. The molecule has 7 heteroatoms. The lowest BCUT2D eigenvalue weighted by atomic mass is 10.1. The van der Waals surface area contributed by atoms with E-state index in [2.05, 4.69) is 10.6 Å². The van der Waals surface area contributed by atoms with Gasteiger partial charge in [0.05, 0.1) is 0 Å². The van der Waals surface area contributed by atoms with Crippen LogP contribution in [0, 0.1) is 0 Å². The van der Waals surface area contributed by atoms with E-state index in [1.54, 1.807) is 20.1 Å². The van der Waals surface area contributed by atoms with Crippen LogP contribution < -0.4 is 10.6 Å². The van der Waals surface area contributed by atoms with Crippen LogP contribution in [0.4, 0.5) is 4.79 Å². The Bertz CT molecular complexity index is 294. The Kier molecular flexibility index (Phi) is 7.36. The standard InChI is InChI=1S/C10H18N2O4S/c1-6(2)11-9(15)7(4-5-8(13)14)12-10(16)17-3/h6-7H,4-5H2,1-3H3,(H,11,15)(H,12,16)(H,13,14). The van der Waals surface area contributed by atoms with E-state index in [9.17, 15) is 14.4 Å². The molecule has 2 amide bonds. The quantitative estimate of drug-likeness (QED) is 0.658. The smallest absolute Gasteiger partial charge is 0.303 e.